The Labute approximate surface area is 342 Å². The highest BCUT2D eigenvalue weighted by atomic mass is 31.2. The van der Waals surface area contributed by atoms with Gasteiger partial charge in [0, 0.05) is 12.8 Å². The maximum atomic E-state index is 12.8. The third-order valence-corrected chi connectivity index (χ3v) is 10.9. The minimum absolute atomic E-state index is 0.0788. The van der Waals surface area contributed by atoms with Crippen LogP contribution in [0.2, 0.25) is 0 Å². The average Bonchev–Trinajstić information content (AvgIpc) is 3.19. The number of ether oxygens (including phenoxy) is 2. The fraction of sp³-hybridized carbons (Fsp3) is 0.814. The molecule has 0 radical (unpaired) electrons. The normalized spacial score (nSPS) is 23.0. The van der Waals surface area contributed by atoms with Crippen molar-refractivity contribution in [1.29, 1.82) is 0 Å². The number of hydrogen-bond donors (Lipinski definition) is 6. The van der Waals surface area contributed by atoms with Crippen LogP contribution in [0.1, 0.15) is 168 Å². The first-order valence-electron chi connectivity index (χ1n) is 21.8. The van der Waals surface area contributed by atoms with Gasteiger partial charge in [0.25, 0.3) is 0 Å². The van der Waals surface area contributed by atoms with Gasteiger partial charge in [0.05, 0.1) is 6.61 Å². The standard InChI is InChI=1S/C43H77O13P/c1-3-5-7-9-11-13-15-17-19-21-23-25-27-29-31-36(44)53-33-35(34-54-57(51,52)56-43-41(49)39(47)38(46)40(48)42(43)50)55-37(45)32-30-28-26-24-22-20-18-16-14-12-10-8-6-4-2/h10,12,15-18,35,38-43,46-50H,3-9,11,13-14,19-34H2,1-2H3,(H,51,52)/b12-10+,17-15+,18-16+/t35-,38?,39-,40?,41?,42?,43?/m1/s1. The van der Waals surface area contributed by atoms with Crippen LogP contribution in [0.25, 0.3) is 0 Å². The highest BCUT2D eigenvalue weighted by Crippen LogP contribution is 2.47. The summed E-state index contributed by atoms with van der Waals surface area (Å²) in [5.74, 6) is -1.13. The SMILES string of the molecule is CCCC/C=C/C/C=C/CCCCCCCC(=O)O[C@H](COC(=O)CCCCCCC/C=C/CCCCCCC)COP(=O)(O)OC1C(O)C(O)C(O)[C@@H](O)C1O. The minimum atomic E-state index is -5.12. The van der Waals surface area contributed by atoms with Gasteiger partial charge in [-0.25, -0.2) is 4.57 Å². The quantitative estimate of drug-likeness (QED) is 0.0156. The number of aliphatic hydroxyl groups excluding tert-OH is 5. The molecule has 1 rings (SSSR count). The molecular formula is C43H77O13P. The lowest BCUT2D eigenvalue weighted by Gasteiger charge is -2.41. The molecule has 8 atom stereocenters. The van der Waals surface area contributed by atoms with Crippen molar-refractivity contribution >= 4 is 19.8 Å². The van der Waals surface area contributed by atoms with E-state index in [1.807, 2.05) is 0 Å². The summed E-state index contributed by atoms with van der Waals surface area (Å²) in [5.41, 5.74) is 0. The van der Waals surface area contributed by atoms with Gasteiger partial charge in [-0.1, -0.05) is 127 Å². The second kappa shape index (κ2) is 33.9. The van der Waals surface area contributed by atoms with Crippen molar-refractivity contribution in [1.82, 2.24) is 0 Å². The zero-order chi connectivity index (χ0) is 42.2. The lowest BCUT2D eigenvalue weighted by atomic mass is 9.85. The van der Waals surface area contributed by atoms with Gasteiger partial charge in [0.2, 0.25) is 0 Å². The number of allylic oxidation sites excluding steroid dienone is 6. The van der Waals surface area contributed by atoms with Crippen LogP contribution in [0.5, 0.6) is 0 Å². The van der Waals surface area contributed by atoms with Crippen LogP contribution in [-0.4, -0.2) is 98.3 Å². The van der Waals surface area contributed by atoms with Crippen molar-refractivity contribution in [2.75, 3.05) is 13.2 Å². The number of esters is 2. The van der Waals surface area contributed by atoms with E-state index in [0.29, 0.717) is 12.8 Å². The molecular weight excluding hydrogens is 755 g/mol. The Bertz CT molecular complexity index is 1150. The highest BCUT2D eigenvalue weighted by Gasteiger charge is 2.51. The van der Waals surface area contributed by atoms with Crippen LogP contribution < -0.4 is 0 Å². The molecule has 14 heteroatoms. The van der Waals surface area contributed by atoms with Crippen LogP contribution in [0.3, 0.4) is 0 Å². The monoisotopic (exact) mass is 833 g/mol. The number of aliphatic hydroxyl groups is 5. The van der Waals surface area contributed by atoms with Crippen LogP contribution in [0.4, 0.5) is 0 Å². The van der Waals surface area contributed by atoms with Crippen molar-refractivity contribution in [3.8, 4) is 0 Å². The summed E-state index contributed by atoms with van der Waals surface area (Å²) >= 11 is 0. The van der Waals surface area contributed by atoms with Gasteiger partial charge in [-0.2, -0.15) is 0 Å². The smallest absolute Gasteiger partial charge is 0.462 e. The van der Waals surface area contributed by atoms with Crippen molar-refractivity contribution < 1.29 is 63.1 Å². The predicted molar refractivity (Wildman–Crippen MR) is 221 cm³/mol. The number of phosphoric acid groups is 1. The maximum Gasteiger partial charge on any atom is 0.472 e. The molecule has 6 N–H and O–H groups in total. The molecule has 0 aromatic heterocycles. The van der Waals surface area contributed by atoms with Crippen molar-refractivity contribution in [2.45, 2.75) is 211 Å². The third-order valence-electron chi connectivity index (χ3n) is 9.95. The van der Waals surface area contributed by atoms with Crippen LogP contribution in [0, 0.1) is 0 Å². The Hall–Kier alpha value is -1.93. The molecule has 1 aliphatic carbocycles. The summed E-state index contributed by atoms with van der Waals surface area (Å²) in [4.78, 5) is 35.6. The first kappa shape index (κ1) is 53.1. The van der Waals surface area contributed by atoms with Gasteiger partial charge in [-0.15, -0.1) is 0 Å². The topological polar surface area (TPSA) is 210 Å². The number of carbonyl (C=O) groups is 2. The van der Waals surface area contributed by atoms with E-state index in [-0.39, 0.29) is 12.8 Å². The predicted octanol–water partition coefficient (Wildman–Crippen LogP) is 7.83. The molecule has 57 heavy (non-hydrogen) atoms. The Morgan fingerprint density at radius 3 is 1.49 bits per heavy atom. The van der Waals surface area contributed by atoms with Gasteiger partial charge in [-0.05, 0) is 64.2 Å². The van der Waals surface area contributed by atoms with Gasteiger partial charge in [0.1, 0.15) is 43.2 Å². The van der Waals surface area contributed by atoms with Crippen LogP contribution >= 0.6 is 7.82 Å². The van der Waals surface area contributed by atoms with E-state index in [9.17, 15) is 44.6 Å². The summed E-state index contributed by atoms with van der Waals surface area (Å²) in [5, 5.41) is 50.0. The molecule has 0 aromatic carbocycles. The molecule has 332 valence electrons. The third kappa shape index (κ3) is 26.7. The number of unbranched alkanes of at least 4 members (excludes halogenated alkanes) is 17. The van der Waals surface area contributed by atoms with Gasteiger partial charge in [-0.3, -0.25) is 18.6 Å². The van der Waals surface area contributed by atoms with E-state index in [0.717, 1.165) is 83.5 Å². The summed E-state index contributed by atoms with van der Waals surface area (Å²) in [7, 11) is -5.12. The van der Waals surface area contributed by atoms with E-state index in [2.05, 4.69) is 50.3 Å². The largest absolute Gasteiger partial charge is 0.472 e. The Kier molecular flexibility index (Phi) is 31.5. The maximum absolute atomic E-state index is 12.8. The number of hydrogen-bond acceptors (Lipinski definition) is 12. The molecule has 0 bridgehead atoms. The number of rotatable bonds is 35. The second-order valence-corrected chi connectivity index (χ2v) is 16.6. The van der Waals surface area contributed by atoms with Gasteiger partial charge < -0.3 is 39.9 Å². The van der Waals surface area contributed by atoms with Gasteiger partial charge >= 0.3 is 19.8 Å². The second-order valence-electron chi connectivity index (χ2n) is 15.2. The minimum Gasteiger partial charge on any atom is -0.462 e. The summed E-state index contributed by atoms with van der Waals surface area (Å²) in [6.07, 6.45) is 23.4. The summed E-state index contributed by atoms with van der Waals surface area (Å²) in [6, 6.07) is 0. The number of carbonyl (C=O) groups excluding carboxylic acids is 2. The van der Waals surface area contributed by atoms with Crippen molar-refractivity contribution in [3.05, 3.63) is 36.5 Å². The molecule has 0 amide bonds. The van der Waals surface area contributed by atoms with E-state index in [4.69, 9.17) is 18.5 Å². The van der Waals surface area contributed by atoms with E-state index in [1.165, 1.54) is 44.9 Å². The average molecular weight is 833 g/mol. The van der Waals surface area contributed by atoms with Crippen LogP contribution in [-0.2, 0) is 32.7 Å². The molecule has 6 unspecified atom stereocenters. The fourth-order valence-electron chi connectivity index (χ4n) is 6.36. The Morgan fingerprint density at radius 2 is 0.965 bits per heavy atom. The summed E-state index contributed by atoms with van der Waals surface area (Å²) < 4.78 is 33.4. The van der Waals surface area contributed by atoms with Gasteiger partial charge in [0.15, 0.2) is 6.10 Å². The lowest BCUT2D eigenvalue weighted by Crippen LogP contribution is -2.64. The first-order valence-corrected chi connectivity index (χ1v) is 23.3. The van der Waals surface area contributed by atoms with Crippen molar-refractivity contribution in [2.24, 2.45) is 0 Å². The van der Waals surface area contributed by atoms with E-state index >= 15 is 0 Å². The fourth-order valence-corrected chi connectivity index (χ4v) is 7.33. The molecule has 0 aromatic rings. The molecule has 0 spiro atoms. The molecule has 0 aliphatic heterocycles. The molecule has 0 saturated heterocycles. The molecule has 1 fully saturated rings. The Morgan fingerprint density at radius 1 is 0.544 bits per heavy atom. The molecule has 1 saturated carbocycles. The lowest BCUT2D eigenvalue weighted by molar-refractivity contribution is -0.220. The zero-order valence-electron chi connectivity index (χ0n) is 34.9. The first-order chi connectivity index (χ1) is 27.4. The van der Waals surface area contributed by atoms with Crippen LogP contribution in [0.15, 0.2) is 36.5 Å². The molecule has 1 aliphatic rings. The van der Waals surface area contributed by atoms with E-state index in [1.54, 1.807) is 0 Å². The number of phosphoric ester groups is 1. The molecule has 13 nitrogen and oxygen atoms in total. The van der Waals surface area contributed by atoms with E-state index < -0.39 is 75.7 Å². The zero-order valence-corrected chi connectivity index (χ0v) is 35.8. The molecule has 0 heterocycles. The Balaban J connectivity index is 2.51. The van der Waals surface area contributed by atoms with Crippen molar-refractivity contribution in [3.63, 3.8) is 0 Å². The summed E-state index contributed by atoms with van der Waals surface area (Å²) in [6.45, 7) is 3.21. The highest BCUT2D eigenvalue weighted by molar-refractivity contribution is 7.47.